The third-order valence-electron chi connectivity index (χ3n) is 2.74. The Morgan fingerprint density at radius 3 is 2.55 bits per heavy atom. The molecule has 0 heterocycles. The molecule has 0 aliphatic rings. The zero-order chi connectivity index (χ0) is 16.8. The second-order valence-electron chi connectivity index (χ2n) is 5.10. The van der Waals surface area contributed by atoms with E-state index in [0.29, 0.717) is 11.3 Å². The van der Waals surface area contributed by atoms with Gasteiger partial charge in [0.2, 0.25) is 11.8 Å². The summed E-state index contributed by atoms with van der Waals surface area (Å²) in [5.74, 6) is -0.911. The third kappa shape index (κ3) is 5.85. The number of benzene rings is 1. The quantitative estimate of drug-likeness (QED) is 0.593. The highest BCUT2D eigenvalue weighted by atomic mass is 79.9. The number of amides is 2. The Kier molecular flexibility index (Phi) is 6.55. The standard InChI is InChI=1S/C15H19BrN2O4/c1-15(2,16)14(21)17-8-7-12(19)18-11-6-4-5-10(9-11)13(20)22-3/h4-6,9H,7-8H2,1-3H3,(H,17,21)(H,18,19). The van der Waals surface area contributed by atoms with Gasteiger partial charge in [0.05, 0.1) is 17.0 Å². The van der Waals surface area contributed by atoms with Gasteiger partial charge in [-0.2, -0.15) is 0 Å². The van der Waals surface area contributed by atoms with Gasteiger partial charge in [-0.15, -0.1) is 0 Å². The summed E-state index contributed by atoms with van der Waals surface area (Å²) in [5, 5.41) is 5.32. The number of methoxy groups -OCH3 is 1. The van der Waals surface area contributed by atoms with Crippen molar-refractivity contribution in [1.82, 2.24) is 5.32 Å². The van der Waals surface area contributed by atoms with Crippen molar-refractivity contribution < 1.29 is 19.1 Å². The van der Waals surface area contributed by atoms with E-state index >= 15 is 0 Å². The molecule has 2 amide bonds. The molecule has 0 atom stereocenters. The molecule has 22 heavy (non-hydrogen) atoms. The van der Waals surface area contributed by atoms with Crippen molar-refractivity contribution in [3.05, 3.63) is 29.8 Å². The lowest BCUT2D eigenvalue weighted by molar-refractivity contribution is -0.122. The van der Waals surface area contributed by atoms with Crippen molar-refractivity contribution in [2.75, 3.05) is 19.0 Å². The Hall–Kier alpha value is -1.89. The Morgan fingerprint density at radius 1 is 1.27 bits per heavy atom. The van der Waals surface area contributed by atoms with Gasteiger partial charge < -0.3 is 15.4 Å². The summed E-state index contributed by atoms with van der Waals surface area (Å²) in [6.07, 6.45) is 0.136. The molecule has 1 aromatic rings. The number of nitrogens with one attached hydrogen (secondary N) is 2. The summed E-state index contributed by atoms with van der Waals surface area (Å²) in [5.41, 5.74) is 0.856. The summed E-state index contributed by atoms with van der Waals surface area (Å²) < 4.78 is 3.95. The van der Waals surface area contributed by atoms with Gasteiger partial charge in [0.25, 0.3) is 0 Å². The number of hydrogen-bond donors (Lipinski definition) is 2. The van der Waals surface area contributed by atoms with E-state index < -0.39 is 10.3 Å². The molecule has 0 unspecified atom stereocenters. The molecule has 0 fully saturated rings. The Labute approximate surface area is 137 Å². The van der Waals surface area contributed by atoms with E-state index in [1.807, 2.05) is 0 Å². The van der Waals surface area contributed by atoms with E-state index in [9.17, 15) is 14.4 Å². The second kappa shape index (κ2) is 7.93. The van der Waals surface area contributed by atoms with Crippen molar-refractivity contribution in [2.24, 2.45) is 0 Å². The molecule has 0 spiro atoms. The van der Waals surface area contributed by atoms with E-state index in [4.69, 9.17) is 0 Å². The van der Waals surface area contributed by atoms with Crippen LogP contribution in [0.4, 0.5) is 5.69 Å². The summed E-state index contributed by atoms with van der Waals surface area (Å²) in [4.78, 5) is 34.8. The van der Waals surface area contributed by atoms with Gasteiger partial charge in [-0.05, 0) is 32.0 Å². The monoisotopic (exact) mass is 370 g/mol. The van der Waals surface area contributed by atoms with Crippen LogP contribution >= 0.6 is 15.9 Å². The van der Waals surface area contributed by atoms with E-state index in [-0.39, 0.29) is 24.8 Å². The Bertz CT molecular complexity index is 567. The highest BCUT2D eigenvalue weighted by molar-refractivity contribution is 9.10. The van der Waals surface area contributed by atoms with Crippen LogP contribution in [0.5, 0.6) is 0 Å². The van der Waals surface area contributed by atoms with Crippen LogP contribution in [0.25, 0.3) is 0 Å². The average molecular weight is 371 g/mol. The minimum atomic E-state index is -0.668. The molecule has 2 N–H and O–H groups in total. The first kappa shape index (κ1) is 18.2. The van der Waals surface area contributed by atoms with Gasteiger partial charge in [-0.25, -0.2) is 4.79 Å². The van der Waals surface area contributed by atoms with E-state index in [1.165, 1.54) is 13.2 Å². The maximum Gasteiger partial charge on any atom is 0.337 e. The van der Waals surface area contributed by atoms with Gasteiger partial charge in [0.1, 0.15) is 0 Å². The lowest BCUT2D eigenvalue weighted by Gasteiger charge is -2.15. The maximum atomic E-state index is 11.8. The maximum absolute atomic E-state index is 11.8. The first-order chi connectivity index (χ1) is 10.2. The fourth-order valence-electron chi connectivity index (χ4n) is 1.57. The summed E-state index contributed by atoms with van der Waals surface area (Å²) >= 11 is 3.24. The molecule has 7 heteroatoms. The number of halogens is 1. The van der Waals surface area contributed by atoms with Crippen LogP contribution in [-0.4, -0.2) is 35.8 Å². The molecule has 0 saturated heterocycles. The lowest BCUT2D eigenvalue weighted by Crippen LogP contribution is -2.38. The smallest absolute Gasteiger partial charge is 0.337 e. The van der Waals surface area contributed by atoms with Gasteiger partial charge >= 0.3 is 5.97 Å². The van der Waals surface area contributed by atoms with Crippen LogP contribution in [0.1, 0.15) is 30.6 Å². The van der Waals surface area contributed by atoms with Crippen LogP contribution in [0, 0.1) is 0 Å². The molecule has 6 nitrogen and oxygen atoms in total. The number of carbonyl (C=O) groups is 3. The number of carbonyl (C=O) groups excluding carboxylic acids is 3. The third-order valence-corrected chi connectivity index (χ3v) is 3.11. The number of alkyl halides is 1. The zero-order valence-electron chi connectivity index (χ0n) is 12.7. The normalized spacial score (nSPS) is 10.7. The number of ether oxygens (including phenoxy) is 1. The first-order valence-electron chi connectivity index (χ1n) is 6.69. The molecule has 0 aliphatic heterocycles. The van der Waals surface area contributed by atoms with Crippen LogP contribution in [-0.2, 0) is 14.3 Å². The summed E-state index contributed by atoms with van der Waals surface area (Å²) in [7, 11) is 1.29. The number of rotatable bonds is 6. The minimum absolute atomic E-state index is 0.136. The van der Waals surface area contributed by atoms with Gasteiger partial charge in [0.15, 0.2) is 0 Å². The highest BCUT2D eigenvalue weighted by Gasteiger charge is 2.22. The van der Waals surface area contributed by atoms with Crippen molar-refractivity contribution in [2.45, 2.75) is 24.6 Å². The molecule has 0 radical (unpaired) electrons. The molecular weight excluding hydrogens is 352 g/mol. The average Bonchev–Trinajstić information content (AvgIpc) is 2.45. The fourth-order valence-corrected chi connectivity index (χ4v) is 1.71. The van der Waals surface area contributed by atoms with Gasteiger partial charge in [-0.3, -0.25) is 9.59 Å². The summed E-state index contributed by atoms with van der Waals surface area (Å²) in [6.45, 7) is 3.68. The topological polar surface area (TPSA) is 84.5 Å². The van der Waals surface area contributed by atoms with Gasteiger partial charge in [0, 0.05) is 18.7 Å². The lowest BCUT2D eigenvalue weighted by atomic mass is 10.2. The number of hydrogen-bond acceptors (Lipinski definition) is 4. The van der Waals surface area contributed by atoms with Crippen LogP contribution in [0.3, 0.4) is 0 Å². The number of anilines is 1. The first-order valence-corrected chi connectivity index (χ1v) is 7.49. The minimum Gasteiger partial charge on any atom is -0.465 e. The predicted molar refractivity (Wildman–Crippen MR) is 87.0 cm³/mol. The van der Waals surface area contributed by atoms with E-state index in [1.54, 1.807) is 32.0 Å². The van der Waals surface area contributed by atoms with Crippen molar-refractivity contribution >= 4 is 39.4 Å². The van der Waals surface area contributed by atoms with Crippen molar-refractivity contribution in [3.8, 4) is 0 Å². The molecule has 0 bridgehead atoms. The van der Waals surface area contributed by atoms with E-state index in [2.05, 4.69) is 31.3 Å². The SMILES string of the molecule is COC(=O)c1cccc(NC(=O)CCNC(=O)C(C)(C)Br)c1. The van der Waals surface area contributed by atoms with E-state index in [0.717, 1.165) is 0 Å². The molecule has 0 aromatic heterocycles. The molecule has 1 aromatic carbocycles. The largest absolute Gasteiger partial charge is 0.465 e. The number of esters is 1. The Morgan fingerprint density at radius 2 is 1.95 bits per heavy atom. The molecule has 1 rings (SSSR count). The van der Waals surface area contributed by atoms with Crippen molar-refractivity contribution in [3.63, 3.8) is 0 Å². The highest BCUT2D eigenvalue weighted by Crippen LogP contribution is 2.15. The fraction of sp³-hybridized carbons (Fsp3) is 0.400. The second-order valence-corrected chi connectivity index (χ2v) is 7.08. The zero-order valence-corrected chi connectivity index (χ0v) is 14.3. The van der Waals surface area contributed by atoms with Gasteiger partial charge in [-0.1, -0.05) is 22.0 Å². The predicted octanol–water partition coefficient (Wildman–Crippen LogP) is 2.09. The molecular formula is C15H19BrN2O4. The molecule has 120 valence electrons. The molecule has 0 saturated carbocycles. The summed E-state index contributed by atoms with van der Waals surface area (Å²) in [6, 6.07) is 6.45. The van der Waals surface area contributed by atoms with Crippen LogP contribution < -0.4 is 10.6 Å². The molecule has 0 aliphatic carbocycles. The van der Waals surface area contributed by atoms with Crippen LogP contribution in [0.15, 0.2) is 24.3 Å². The van der Waals surface area contributed by atoms with Crippen molar-refractivity contribution in [1.29, 1.82) is 0 Å². The van der Waals surface area contributed by atoms with Crippen LogP contribution in [0.2, 0.25) is 0 Å². The Balaban J connectivity index is 2.49.